The number of pyridine rings is 1. The molecule has 5 atom stereocenters. The quantitative estimate of drug-likeness (QED) is 0.0854. The molecule has 0 bridgehead atoms. The van der Waals surface area contributed by atoms with E-state index < -0.39 is 69.2 Å². The summed E-state index contributed by atoms with van der Waals surface area (Å²) >= 11 is 7.36. The molecule has 1 unspecified atom stereocenters. The fourth-order valence-corrected chi connectivity index (χ4v) is 9.89. The second-order valence-corrected chi connectivity index (χ2v) is 20.5. The molecule has 2 aromatic carbocycles. The van der Waals surface area contributed by atoms with Gasteiger partial charge in [0.15, 0.2) is 5.13 Å². The van der Waals surface area contributed by atoms with Crippen molar-refractivity contribution < 1.29 is 46.0 Å². The molecule has 65 heavy (non-hydrogen) atoms. The molecule has 1 saturated heterocycles. The van der Waals surface area contributed by atoms with E-state index in [1.165, 1.54) is 46.6 Å². The Balaban J connectivity index is 1.20. The van der Waals surface area contributed by atoms with Gasteiger partial charge in [-0.25, -0.2) is 19.5 Å². The van der Waals surface area contributed by atoms with E-state index in [1.807, 2.05) is 23.9 Å². The molecule has 3 fully saturated rings. The highest BCUT2D eigenvalue weighted by molar-refractivity contribution is 7.85. The van der Waals surface area contributed by atoms with E-state index in [-0.39, 0.29) is 37.3 Å². The number of anilines is 1. The van der Waals surface area contributed by atoms with Gasteiger partial charge in [-0.2, -0.15) is 8.42 Å². The van der Waals surface area contributed by atoms with Gasteiger partial charge in [-0.1, -0.05) is 38.4 Å². The largest absolute Gasteiger partial charge is 0.497 e. The Labute approximate surface area is 387 Å². The van der Waals surface area contributed by atoms with Crippen molar-refractivity contribution >= 4 is 73.1 Å². The van der Waals surface area contributed by atoms with Crippen molar-refractivity contribution in [1.82, 2.24) is 30.2 Å². The van der Waals surface area contributed by atoms with E-state index in [2.05, 4.69) is 22.5 Å². The van der Waals surface area contributed by atoms with Crippen LogP contribution in [0.2, 0.25) is 5.02 Å². The van der Waals surface area contributed by atoms with Crippen molar-refractivity contribution in [3.8, 4) is 28.6 Å². The highest BCUT2D eigenvalue weighted by atomic mass is 35.5. The van der Waals surface area contributed by atoms with Crippen molar-refractivity contribution in [1.29, 1.82) is 0 Å². The van der Waals surface area contributed by atoms with Crippen LogP contribution in [0.5, 0.6) is 17.2 Å². The lowest BCUT2D eigenvalue weighted by Crippen LogP contribution is -2.60. The number of methoxy groups -OCH3 is 1. The maximum absolute atomic E-state index is 14.9. The van der Waals surface area contributed by atoms with E-state index in [1.54, 1.807) is 52.1 Å². The number of likely N-dealkylation sites (tertiary alicyclic amines) is 1. The van der Waals surface area contributed by atoms with Crippen molar-refractivity contribution in [2.45, 2.75) is 109 Å². The zero-order valence-corrected chi connectivity index (χ0v) is 39.4. The average Bonchev–Trinajstić information content (AvgIpc) is 3.65. The number of fused-ring (bicyclic) bond motifs is 1. The number of amides is 4. The second kappa shape index (κ2) is 19.1. The standard InChI is InChI=1S/C45H54ClN7O10S2/c1-8-26-22-45(26,41(56)52-65(58,59)63-29-15-13-27(46)14-16-29)51-39(54)36-20-31(23-53(36)40(55)38(44(4,5)6)50-43(57)62-28-11-9-10-12-28)61-37-21-34(35-24-64-42(49-35)47-25(2)3)48-33-19-30(60-7)17-18-32(33)37/h8,13-19,21,24-26,28,31,36,38H,1,9-12,20,22-23H2,2-7H3,(H,47,49)(H,50,57)(H,51,54)(H,52,56)/t26?,31-,36+,38-,45-/m1/s1. The molecule has 0 radical (unpaired) electrons. The van der Waals surface area contributed by atoms with Gasteiger partial charge in [0, 0.05) is 46.3 Å². The first kappa shape index (κ1) is 47.3. The number of rotatable bonds is 16. The first-order chi connectivity index (χ1) is 30.8. The lowest BCUT2D eigenvalue weighted by molar-refractivity contribution is -0.143. The number of aromatic nitrogens is 2. The highest BCUT2D eigenvalue weighted by Crippen LogP contribution is 2.45. The summed E-state index contributed by atoms with van der Waals surface area (Å²) in [6, 6.07) is 10.3. The van der Waals surface area contributed by atoms with Crippen LogP contribution in [0.15, 0.2) is 66.6 Å². The van der Waals surface area contributed by atoms with Crippen LogP contribution in [0.3, 0.4) is 0 Å². The lowest BCUT2D eigenvalue weighted by atomic mass is 9.85. The van der Waals surface area contributed by atoms with Gasteiger partial charge in [-0.05, 0) is 87.8 Å². The molecular weight excluding hydrogens is 898 g/mol. The highest BCUT2D eigenvalue weighted by Gasteiger charge is 2.62. The molecule has 20 heteroatoms. The van der Waals surface area contributed by atoms with Crippen LogP contribution >= 0.6 is 22.9 Å². The first-order valence-corrected chi connectivity index (χ1v) is 24.1. The second-order valence-electron chi connectivity index (χ2n) is 17.9. The molecule has 2 saturated carbocycles. The summed E-state index contributed by atoms with van der Waals surface area (Å²) in [5, 5.41) is 12.4. The SMILES string of the molecule is C=CC1C[C@]1(NC(=O)[C@@H]1C[C@@H](Oc2cc(-c3csc(NC(C)C)n3)nc3cc(OC)ccc23)CN1C(=O)[C@@H](NC(=O)OC1CCCC1)C(C)(C)C)C(=O)NS(=O)(=O)Oc1ccc(Cl)cc1. The topological polar surface area (TPSA) is 216 Å². The van der Waals surface area contributed by atoms with E-state index in [4.69, 9.17) is 40.0 Å². The Kier molecular flexibility index (Phi) is 13.9. The van der Waals surface area contributed by atoms with E-state index in [0.29, 0.717) is 43.9 Å². The molecule has 17 nitrogen and oxygen atoms in total. The summed E-state index contributed by atoms with van der Waals surface area (Å²) in [6.07, 6.45) is 2.90. The van der Waals surface area contributed by atoms with Gasteiger partial charge in [-0.15, -0.1) is 17.9 Å². The third kappa shape index (κ3) is 11.1. The van der Waals surface area contributed by atoms with Crippen molar-refractivity contribution in [3.63, 3.8) is 0 Å². The Morgan fingerprint density at radius 1 is 1.00 bits per heavy atom. The summed E-state index contributed by atoms with van der Waals surface area (Å²) < 4.78 is 51.1. The number of benzene rings is 2. The predicted molar refractivity (Wildman–Crippen MR) is 246 cm³/mol. The van der Waals surface area contributed by atoms with Crippen LogP contribution in [0.1, 0.15) is 73.1 Å². The van der Waals surface area contributed by atoms with E-state index >= 15 is 0 Å². The molecule has 4 amide bonds. The lowest BCUT2D eigenvalue weighted by Gasteiger charge is -2.35. The molecular formula is C45H54ClN7O10S2. The summed E-state index contributed by atoms with van der Waals surface area (Å²) in [5.74, 6) is -2.19. The van der Waals surface area contributed by atoms with Crippen molar-refractivity contribution in [3.05, 3.63) is 71.6 Å². The number of hydrogen-bond acceptors (Lipinski definition) is 14. The van der Waals surface area contributed by atoms with E-state index in [9.17, 15) is 27.6 Å². The summed E-state index contributed by atoms with van der Waals surface area (Å²) in [7, 11) is -3.17. The van der Waals surface area contributed by atoms with Crippen LogP contribution in [0.25, 0.3) is 22.3 Å². The maximum atomic E-state index is 14.9. The molecule has 4 aromatic rings. The van der Waals surface area contributed by atoms with Gasteiger partial charge in [0.25, 0.3) is 5.91 Å². The molecule has 2 aromatic heterocycles. The van der Waals surface area contributed by atoms with Gasteiger partial charge in [0.1, 0.15) is 52.8 Å². The predicted octanol–water partition coefficient (Wildman–Crippen LogP) is 6.77. The van der Waals surface area contributed by atoms with E-state index in [0.717, 1.165) is 25.7 Å². The molecule has 1 aliphatic heterocycles. The summed E-state index contributed by atoms with van der Waals surface area (Å²) in [4.78, 5) is 67.7. The number of ether oxygens (including phenoxy) is 3. The summed E-state index contributed by atoms with van der Waals surface area (Å²) in [6.45, 7) is 13.1. The minimum Gasteiger partial charge on any atom is -0.497 e. The van der Waals surface area contributed by atoms with Gasteiger partial charge in [0.2, 0.25) is 11.8 Å². The average molecular weight is 953 g/mol. The van der Waals surface area contributed by atoms with Crippen LogP contribution in [0, 0.1) is 11.3 Å². The molecule has 348 valence electrons. The van der Waals surface area contributed by atoms with Gasteiger partial charge >= 0.3 is 16.4 Å². The Morgan fingerprint density at radius 3 is 2.35 bits per heavy atom. The Hall–Kier alpha value is -5.66. The van der Waals surface area contributed by atoms with Gasteiger partial charge in [0.05, 0.1) is 24.9 Å². The summed E-state index contributed by atoms with van der Waals surface area (Å²) in [5.41, 5.74) is -0.946. The van der Waals surface area contributed by atoms with Crippen LogP contribution in [0.4, 0.5) is 9.93 Å². The molecule has 3 aliphatic rings. The number of carbonyl (C=O) groups excluding carboxylic acids is 4. The molecule has 7 rings (SSSR count). The third-order valence-corrected chi connectivity index (χ3v) is 13.4. The molecule has 3 heterocycles. The zero-order chi connectivity index (χ0) is 46.8. The van der Waals surface area contributed by atoms with Gasteiger partial charge < -0.3 is 39.2 Å². The van der Waals surface area contributed by atoms with Crippen molar-refractivity contribution in [2.75, 3.05) is 19.0 Å². The number of thiazole rings is 1. The number of hydrogen-bond donors (Lipinski definition) is 4. The molecule has 2 aliphatic carbocycles. The Morgan fingerprint density at radius 2 is 1.71 bits per heavy atom. The number of nitrogens with one attached hydrogen (secondary N) is 4. The van der Waals surface area contributed by atoms with Crippen LogP contribution < -0.4 is 34.3 Å². The molecule has 0 spiro atoms. The number of carbonyl (C=O) groups is 4. The minimum absolute atomic E-state index is 0.0184. The number of nitrogens with zero attached hydrogens (tertiary/aromatic N) is 3. The van der Waals surface area contributed by atoms with Crippen molar-refractivity contribution in [2.24, 2.45) is 11.3 Å². The minimum atomic E-state index is -4.73. The molecule has 4 N–H and O–H groups in total. The monoisotopic (exact) mass is 951 g/mol. The van der Waals surface area contributed by atoms with Gasteiger partial charge in [-0.3, -0.25) is 14.4 Å². The van der Waals surface area contributed by atoms with Crippen LogP contribution in [-0.4, -0.2) is 96.6 Å². The Bertz CT molecular complexity index is 2560. The smallest absolute Gasteiger partial charge is 0.409 e. The van der Waals surface area contributed by atoms with Crippen LogP contribution in [-0.2, 0) is 29.4 Å². The number of halogens is 1. The zero-order valence-electron chi connectivity index (χ0n) is 37.0. The normalized spacial score (nSPS) is 21.4. The number of alkyl carbamates (subject to hydrolysis) is 1. The first-order valence-electron chi connectivity index (χ1n) is 21.4. The fourth-order valence-electron chi connectivity index (χ4n) is 8.09. The maximum Gasteiger partial charge on any atom is 0.409 e. The fraction of sp³-hybridized carbons (Fsp3) is 0.467. The third-order valence-electron chi connectivity index (χ3n) is 11.5.